The molecule has 0 aliphatic heterocycles. The van der Waals surface area contributed by atoms with E-state index in [0.717, 1.165) is 12.8 Å². The molecule has 1 heteroatoms. The molecule has 64 valence electrons. The summed E-state index contributed by atoms with van der Waals surface area (Å²) in [5.74, 6) is 0. The van der Waals surface area contributed by atoms with Crippen LogP contribution in [0.2, 0.25) is 0 Å². The molecule has 0 heterocycles. The summed E-state index contributed by atoms with van der Waals surface area (Å²) in [6.45, 7) is 3.68. The van der Waals surface area contributed by atoms with Crippen LogP contribution in [0.15, 0.2) is 48.2 Å². The molecule has 0 spiro atoms. The maximum Gasteiger partial charge on any atom is -0.00596 e. The van der Waals surface area contributed by atoms with Crippen LogP contribution in [-0.2, 0) is 0 Å². The molecule has 12 heavy (non-hydrogen) atoms. The van der Waals surface area contributed by atoms with Crippen molar-refractivity contribution in [2.24, 2.45) is 5.73 Å². The molecule has 1 aliphatic rings. The van der Waals surface area contributed by atoms with Crippen molar-refractivity contribution < 1.29 is 0 Å². The van der Waals surface area contributed by atoms with Crippen molar-refractivity contribution in [2.45, 2.75) is 19.3 Å². The zero-order chi connectivity index (χ0) is 8.81. The minimum Gasteiger partial charge on any atom is -0.405 e. The first-order valence-electron chi connectivity index (χ1n) is 4.27. The van der Waals surface area contributed by atoms with E-state index in [-0.39, 0.29) is 0 Å². The number of rotatable bonds is 2. The summed E-state index contributed by atoms with van der Waals surface area (Å²) in [4.78, 5) is 0. The van der Waals surface area contributed by atoms with Gasteiger partial charge in [0.1, 0.15) is 0 Å². The lowest BCUT2D eigenvalue weighted by Crippen LogP contribution is -1.93. The van der Waals surface area contributed by atoms with Gasteiger partial charge in [0.15, 0.2) is 0 Å². The second-order valence-corrected chi connectivity index (χ2v) is 2.91. The van der Waals surface area contributed by atoms with Crippen molar-refractivity contribution in [3.05, 3.63) is 48.2 Å². The van der Waals surface area contributed by atoms with Crippen molar-refractivity contribution >= 4 is 0 Å². The number of hydrogen-bond donors (Lipinski definition) is 1. The Labute approximate surface area is 74.0 Å². The van der Waals surface area contributed by atoms with E-state index in [1.54, 1.807) is 6.20 Å². The van der Waals surface area contributed by atoms with Crippen molar-refractivity contribution in [1.82, 2.24) is 0 Å². The normalized spacial score (nSPS) is 21.3. The lowest BCUT2D eigenvalue weighted by atomic mass is 9.95. The zero-order valence-electron chi connectivity index (χ0n) is 7.29. The van der Waals surface area contributed by atoms with E-state index in [1.807, 2.05) is 12.2 Å². The van der Waals surface area contributed by atoms with Crippen LogP contribution in [0.5, 0.6) is 0 Å². The summed E-state index contributed by atoms with van der Waals surface area (Å²) in [6, 6.07) is 0. The molecule has 0 aromatic heterocycles. The Hall–Kier alpha value is -1.24. The van der Waals surface area contributed by atoms with E-state index in [2.05, 4.69) is 18.7 Å². The highest BCUT2D eigenvalue weighted by molar-refractivity contribution is 5.34. The van der Waals surface area contributed by atoms with Gasteiger partial charge in [-0.05, 0) is 42.7 Å². The number of nitrogens with two attached hydrogens (primary N) is 1. The molecule has 0 aromatic rings. The second-order valence-electron chi connectivity index (χ2n) is 2.91. The zero-order valence-corrected chi connectivity index (χ0v) is 7.29. The maximum atomic E-state index is 5.32. The molecule has 0 fully saturated rings. The smallest absolute Gasteiger partial charge is 0.00596 e. The van der Waals surface area contributed by atoms with Crippen LogP contribution < -0.4 is 5.73 Å². The van der Waals surface area contributed by atoms with Gasteiger partial charge in [-0.3, -0.25) is 0 Å². The molecule has 0 atom stereocenters. The van der Waals surface area contributed by atoms with Crippen LogP contribution in [0.1, 0.15) is 19.3 Å². The summed E-state index contributed by atoms with van der Waals surface area (Å²) in [6.07, 6.45) is 13.2. The van der Waals surface area contributed by atoms with Crippen molar-refractivity contribution in [3.63, 3.8) is 0 Å². The van der Waals surface area contributed by atoms with Gasteiger partial charge in [0.25, 0.3) is 0 Å². The fourth-order valence-electron chi connectivity index (χ4n) is 1.42. The molecule has 0 radical (unpaired) electrons. The maximum absolute atomic E-state index is 5.32. The molecule has 1 nitrogen and oxygen atoms in total. The molecular weight excluding hydrogens is 146 g/mol. The van der Waals surface area contributed by atoms with Crippen molar-refractivity contribution in [1.29, 1.82) is 0 Å². The average Bonchev–Trinajstić information content (AvgIpc) is 2.06. The third-order valence-corrected chi connectivity index (χ3v) is 1.94. The predicted molar refractivity (Wildman–Crippen MR) is 53.5 cm³/mol. The van der Waals surface area contributed by atoms with Gasteiger partial charge in [0.05, 0.1) is 0 Å². The van der Waals surface area contributed by atoms with E-state index in [0.29, 0.717) is 0 Å². The molecule has 0 aromatic carbocycles. The summed E-state index contributed by atoms with van der Waals surface area (Å²) < 4.78 is 0. The lowest BCUT2D eigenvalue weighted by molar-refractivity contribution is 0.797. The first-order valence-corrected chi connectivity index (χ1v) is 4.27. The molecule has 0 unspecified atom stereocenters. The summed E-state index contributed by atoms with van der Waals surface area (Å²) in [7, 11) is 0. The molecule has 1 rings (SSSR count). The van der Waals surface area contributed by atoms with Gasteiger partial charge in [0, 0.05) is 0 Å². The van der Waals surface area contributed by atoms with Crippen molar-refractivity contribution in [2.75, 3.05) is 0 Å². The number of allylic oxidation sites excluding steroid dienone is 6. The van der Waals surface area contributed by atoms with Crippen molar-refractivity contribution in [3.8, 4) is 0 Å². The van der Waals surface area contributed by atoms with Gasteiger partial charge in [-0.1, -0.05) is 24.8 Å². The average molecular weight is 161 g/mol. The van der Waals surface area contributed by atoms with Crippen LogP contribution in [0, 0.1) is 0 Å². The standard InChI is InChI=1S/C11H15N/c1-2-4-10-5-3-6-11(9-10)7-8-12/h2,4,7-9H,1,3,5-6,12H2/b8-7+,10-4+. The van der Waals surface area contributed by atoms with Crippen LogP contribution in [0.25, 0.3) is 0 Å². The Bertz CT molecular complexity index is 244. The van der Waals surface area contributed by atoms with Gasteiger partial charge < -0.3 is 5.73 Å². The van der Waals surface area contributed by atoms with E-state index in [9.17, 15) is 0 Å². The highest BCUT2D eigenvalue weighted by Gasteiger charge is 2.03. The van der Waals surface area contributed by atoms with Crippen LogP contribution >= 0.6 is 0 Å². The summed E-state index contributed by atoms with van der Waals surface area (Å²) in [5, 5.41) is 0. The second kappa shape index (κ2) is 4.60. The van der Waals surface area contributed by atoms with E-state index < -0.39 is 0 Å². The highest BCUT2D eigenvalue weighted by Crippen LogP contribution is 2.22. The predicted octanol–water partition coefficient (Wildman–Crippen LogP) is 2.68. The van der Waals surface area contributed by atoms with Crippen LogP contribution in [0.3, 0.4) is 0 Å². The summed E-state index contributed by atoms with van der Waals surface area (Å²) in [5.41, 5.74) is 7.99. The van der Waals surface area contributed by atoms with Gasteiger partial charge in [-0.2, -0.15) is 0 Å². The molecule has 2 N–H and O–H groups in total. The Kier molecular flexibility index (Phi) is 3.39. The molecule has 0 saturated heterocycles. The van der Waals surface area contributed by atoms with E-state index >= 15 is 0 Å². The first-order chi connectivity index (χ1) is 5.86. The molecule has 0 saturated carbocycles. The van der Waals surface area contributed by atoms with E-state index in [4.69, 9.17) is 5.73 Å². The van der Waals surface area contributed by atoms with Gasteiger partial charge >= 0.3 is 0 Å². The number of hydrogen-bond acceptors (Lipinski definition) is 1. The van der Waals surface area contributed by atoms with Crippen LogP contribution in [0.4, 0.5) is 0 Å². The SMILES string of the molecule is C=C/C=C1C=C(/C=C/N)CCC/1. The van der Waals surface area contributed by atoms with Gasteiger partial charge in [-0.25, -0.2) is 0 Å². The first kappa shape index (κ1) is 8.85. The highest BCUT2D eigenvalue weighted by atomic mass is 14.5. The van der Waals surface area contributed by atoms with Crippen LogP contribution in [-0.4, -0.2) is 0 Å². The Morgan fingerprint density at radius 3 is 2.92 bits per heavy atom. The topological polar surface area (TPSA) is 26.0 Å². The Morgan fingerprint density at radius 1 is 1.42 bits per heavy atom. The minimum absolute atomic E-state index is 1.14. The van der Waals surface area contributed by atoms with E-state index in [1.165, 1.54) is 17.6 Å². The molecular formula is C11H15N. The Balaban J connectivity index is 2.76. The minimum atomic E-state index is 1.14. The third-order valence-electron chi connectivity index (χ3n) is 1.94. The fraction of sp³-hybridized carbons (Fsp3) is 0.273. The Morgan fingerprint density at radius 2 is 2.25 bits per heavy atom. The molecule has 1 aliphatic carbocycles. The van der Waals surface area contributed by atoms with Gasteiger partial charge in [-0.15, -0.1) is 0 Å². The fourth-order valence-corrected chi connectivity index (χ4v) is 1.42. The molecule has 0 amide bonds. The van der Waals surface area contributed by atoms with Gasteiger partial charge in [0.2, 0.25) is 0 Å². The largest absolute Gasteiger partial charge is 0.405 e. The lowest BCUT2D eigenvalue weighted by Gasteiger charge is -2.11. The monoisotopic (exact) mass is 161 g/mol. The molecule has 0 bridgehead atoms. The quantitative estimate of drug-likeness (QED) is 0.662. The summed E-state index contributed by atoms with van der Waals surface area (Å²) >= 11 is 0. The third kappa shape index (κ3) is 2.42.